The third-order valence-corrected chi connectivity index (χ3v) is 3.09. The Hall–Kier alpha value is -3.53. The number of anilines is 1. The Morgan fingerprint density at radius 1 is 1.28 bits per heavy atom. The maximum absolute atomic E-state index is 11.6. The highest BCUT2D eigenvalue weighted by Crippen LogP contribution is 2.11. The molecule has 3 N–H and O–H groups in total. The van der Waals surface area contributed by atoms with Gasteiger partial charge in [0, 0.05) is 11.8 Å². The number of ether oxygens (including phenoxy) is 2. The number of aromatic nitrogens is 1. The van der Waals surface area contributed by atoms with Crippen molar-refractivity contribution in [3.05, 3.63) is 59.3 Å². The van der Waals surface area contributed by atoms with Crippen molar-refractivity contribution in [1.29, 1.82) is 0 Å². The summed E-state index contributed by atoms with van der Waals surface area (Å²) in [5.74, 6) is 5.00. The van der Waals surface area contributed by atoms with Crippen molar-refractivity contribution < 1.29 is 19.1 Å². The molecule has 7 heteroatoms. The average molecular weight is 339 g/mol. The standard InChI is InChI=1S/C18H17N3O4/c1-24-17(22)15-10-14(11-21-16(15)19)8-5-9-20-18(23)25-12-13-6-3-2-4-7-13/h2-4,6-7,10-11H,9,12H2,1H3,(H2,19,21)(H,20,23). The normalized spacial score (nSPS) is 9.48. The van der Waals surface area contributed by atoms with Gasteiger partial charge < -0.3 is 20.5 Å². The summed E-state index contributed by atoms with van der Waals surface area (Å²) >= 11 is 0. The molecule has 0 saturated heterocycles. The number of nitrogens with zero attached hydrogens (tertiary/aromatic N) is 1. The highest BCUT2D eigenvalue weighted by atomic mass is 16.5. The van der Waals surface area contributed by atoms with Crippen molar-refractivity contribution >= 4 is 17.9 Å². The van der Waals surface area contributed by atoms with Crippen molar-refractivity contribution in [2.24, 2.45) is 0 Å². The highest BCUT2D eigenvalue weighted by molar-refractivity contribution is 5.94. The zero-order chi connectivity index (χ0) is 18.1. The zero-order valence-electron chi connectivity index (χ0n) is 13.6. The molecular formula is C18H17N3O4. The summed E-state index contributed by atoms with van der Waals surface area (Å²) in [6.07, 6.45) is 0.867. The molecule has 1 heterocycles. The lowest BCUT2D eigenvalue weighted by Gasteiger charge is -2.04. The molecule has 7 nitrogen and oxygen atoms in total. The van der Waals surface area contributed by atoms with Gasteiger partial charge in [0.2, 0.25) is 0 Å². The number of nitrogen functional groups attached to an aromatic ring is 1. The SMILES string of the molecule is COC(=O)c1cc(C#CCNC(=O)OCc2ccccc2)cnc1N. The predicted molar refractivity (Wildman–Crippen MR) is 91.5 cm³/mol. The summed E-state index contributed by atoms with van der Waals surface area (Å²) < 4.78 is 9.67. The third-order valence-electron chi connectivity index (χ3n) is 3.09. The van der Waals surface area contributed by atoms with Gasteiger partial charge in [-0.25, -0.2) is 14.6 Å². The molecule has 0 atom stereocenters. The molecule has 0 saturated carbocycles. The van der Waals surface area contributed by atoms with E-state index >= 15 is 0 Å². The minimum Gasteiger partial charge on any atom is -0.465 e. The van der Waals surface area contributed by atoms with E-state index in [0.29, 0.717) is 5.56 Å². The van der Waals surface area contributed by atoms with E-state index in [-0.39, 0.29) is 24.5 Å². The first-order valence-corrected chi connectivity index (χ1v) is 7.37. The number of benzene rings is 1. The average Bonchev–Trinajstić information content (AvgIpc) is 2.65. The van der Waals surface area contributed by atoms with E-state index in [0.717, 1.165) is 5.56 Å². The van der Waals surface area contributed by atoms with Crippen molar-refractivity contribution in [2.75, 3.05) is 19.4 Å². The molecule has 0 spiro atoms. The van der Waals surface area contributed by atoms with Crippen molar-refractivity contribution in [2.45, 2.75) is 6.61 Å². The minimum atomic E-state index is -0.587. The number of hydrogen-bond donors (Lipinski definition) is 2. The second kappa shape index (κ2) is 8.93. The van der Waals surface area contributed by atoms with Gasteiger partial charge in [0.05, 0.1) is 13.7 Å². The zero-order valence-corrected chi connectivity index (χ0v) is 13.6. The van der Waals surface area contributed by atoms with Gasteiger partial charge in [-0.1, -0.05) is 42.2 Å². The van der Waals surface area contributed by atoms with Gasteiger partial charge in [0.25, 0.3) is 0 Å². The number of alkyl carbamates (subject to hydrolysis) is 1. The maximum atomic E-state index is 11.6. The number of carbonyl (C=O) groups excluding carboxylic acids is 2. The van der Waals surface area contributed by atoms with Crippen LogP contribution in [0.4, 0.5) is 10.6 Å². The number of carbonyl (C=O) groups is 2. The molecule has 0 unspecified atom stereocenters. The Morgan fingerprint density at radius 3 is 2.76 bits per heavy atom. The van der Waals surface area contributed by atoms with Crippen molar-refractivity contribution in [3.63, 3.8) is 0 Å². The Balaban J connectivity index is 1.84. The molecule has 25 heavy (non-hydrogen) atoms. The lowest BCUT2D eigenvalue weighted by molar-refractivity contribution is 0.0601. The van der Waals surface area contributed by atoms with Crippen LogP contribution in [-0.2, 0) is 16.1 Å². The predicted octanol–water partition coefficient (Wildman–Crippen LogP) is 1.73. The van der Waals surface area contributed by atoms with E-state index in [1.807, 2.05) is 30.3 Å². The first kappa shape index (κ1) is 17.8. The Labute approximate surface area is 145 Å². The van der Waals surface area contributed by atoms with Crippen LogP contribution in [0.5, 0.6) is 0 Å². The number of nitrogens with one attached hydrogen (secondary N) is 1. The quantitative estimate of drug-likeness (QED) is 0.649. The Bertz CT molecular complexity index is 810. The molecule has 0 aliphatic rings. The van der Waals surface area contributed by atoms with Gasteiger partial charge in [-0.05, 0) is 11.6 Å². The summed E-state index contributed by atoms with van der Waals surface area (Å²) in [7, 11) is 1.26. The molecule has 1 aromatic heterocycles. The number of rotatable bonds is 4. The van der Waals surface area contributed by atoms with Crippen LogP contribution in [0.3, 0.4) is 0 Å². The molecule has 2 aromatic rings. The summed E-state index contributed by atoms with van der Waals surface area (Å²) in [5.41, 5.74) is 7.13. The summed E-state index contributed by atoms with van der Waals surface area (Å²) in [6, 6.07) is 10.8. The molecule has 0 aliphatic carbocycles. The van der Waals surface area contributed by atoms with Crippen LogP contribution >= 0.6 is 0 Å². The fraction of sp³-hybridized carbons (Fsp3) is 0.167. The molecule has 0 bridgehead atoms. The van der Waals surface area contributed by atoms with Crippen LogP contribution in [-0.4, -0.2) is 30.7 Å². The molecule has 0 radical (unpaired) electrons. The van der Waals surface area contributed by atoms with Crippen LogP contribution in [0.1, 0.15) is 21.5 Å². The first-order chi connectivity index (χ1) is 12.1. The molecule has 1 aromatic carbocycles. The molecule has 2 rings (SSSR count). The van der Waals surface area contributed by atoms with E-state index in [9.17, 15) is 9.59 Å². The topological polar surface area (TPSA) is 104 Å². The van der Waals surface area contributed by atoms with Gasteiger partial charge in [-0.3, -0.25) is 0 Å². The van der Waals surface area contributed by atoms with Crippen molar-refractivity contribution in [3.8, 4) is 11.8 Å². The number of esters is 1. The minimum absolute atomic E-state index is 0.0695. The first-order valence-electron chi connectivity index (χ1n) is 7.37. The fourth-order valence-electron chi connectivity index (χ4n) is 1.85. The molecule has 0 aliphatic heterocycles. The lowest BCUT2D eigenvalue weighted by atomic mass is 10.2. The van der Waals surface area contributed by atoms with Crippen LogP contribution in [0, 0.1) is 11.8 Å². The van der Waals surface area contributed by atoms with E-state index in [1.54, 1.807) is 0 Å². The van der Waals surface area contributed by atoms with Gasteiger partial charge >= 0.3 is 12.1 Å². The second-order valence-corrected chi connectivity index (χ2v) is 4.87. The molecule has 0 fully saturated rings. The molecule has 1 amide bonds. The summed E-state index contributed by atoms with van der Waals surface area (Å²) in [6.45, 7) is 0.274. The number of nitrogens with two attached hydrogens (primary N) is 1. The van der Waals surface area contributed by atoms with E-state index in [1.165, 1.54) is 19.4 Å². The molecular weight excluding hydrogens is 322 g/mol. The van der Waals surface area contributed by atoms with Gasteiger partial charge in [0.15, 0.2) is 0 Å². The van der Waals surface area contributed by atoms with Gasteiger partial charge in [-0.2, -0.15) is 0 Å². The Morgan fingerprint density at radius 2 is 2.04 bits per heavy atom. The number of hydrogen-bond acceptors (Lipinski definition) is 6. The van der Waals surface area contributed by atoms with Crippen LogP contribution < -0.4 is 11.1 Å². The largest absolute Gasteiger partial charge is 0.465 e. The smallest absolute Gasteiger partial charge is 0.408 e. The Kier molecular flexibility index (Phi) is 6.37. The van der Waals surface area contributed by atoms with Crippen molar-refractivity contribution in [1.82, 2.24) is 10.3 Å². The number of pyridine rings is 1. The lowest BCUT2D eigenvalue weighted by Crippen LogP contribution is -2.24. The highest BCUT2D eigenvalue weighted by Gasteiger charge is 2.11. The monoisotopic (exact) mass is 339 g/mol. The number of amides is 1. The summed E-state index contributed by atoms with van der Waals surface area (Å²) in [5, 5.41) is 2.51. The van der Waals surface area contributed by atoms with Crippen LogP contribution in [0.2, 0.25) is 0 Å². The third kappa shape index (κ3) is 5.55. The number of methoxy groups -OCH3 is 1. The second-order valence-electron chi connectivity index (χ2n) is 4.87. The van der Waals surface area contributed by atoms with Crippen LogP contribution in [0.15, 0.2) is 42.6 Å². The maximum Gasteiger partial charge on any atom is 0.408 e. The van der Waals surface area contributed by atoms with Gasteiger partial charge in [-0.15, -0.1) is 0 Å². The van der Waals surface area contributed by atoms with E-state index in [2.05, 4.69) is 26.9 Å². The summed E-state index contributed by atoms with van der Waals surface area (Å²) in [4.78, 5) is 27.0. The fourth-order valence-corrected chi connectivity index (χ4v) is 1.85. The van der Waals surface area contributed by atoms with E-state index in [4.69, 9.17) is 10.5 Å². The van der Waals surface area contributed by atoms with Crippen LogP contribution in [0.25, 0.3) is 0 Å². The molecule has 128 valence electrons. The van der Waals surface area contributed by atoms with E-state index < -0.39 is 12.1 Å². The van der Waals surface area contributed by atoms with Gasteiger partial charge in [0.1, 0.15) is 18.0 Å².